The van der Waals surface area contributed by atoms with E-state index in [2.05, 4.69) is 50.3 Å². The van der Waals surface area contributed by atoms with Crippen LogP contribution >= 0.6 is 0 Å². The molecule has 0 N–H and O–H groups in total. The van der Waals surface area contributed by atoms with Crippen LogP contribution < -0.4 is 0 Å². The maximum Gasteiger partial charge on any atom is -0.0195 e. The highest BCUT2D eigenvalue weighted by Gasteiger charge is 1.98. The minimum Gasteiger partial charge on any atom is -0.0877 e. The van der Waals surface area contributed by atoms with Gasteiger partial charge in [-0.1, -0.05) is 49.4 Å². The van der Waals surface area contributed by atoms with Gasteiger partial charge >= 0.3 is 0 Å². The van der Waals surface area contributed by atoms with Gasteiger partial charge in [0.15, 0.2) is 0 Å². The fraction of sp³-hybridized carbons (Fsp3) is 0.286. The van der Waals surface area contributed by atoms with E-state index < -0.39 is 0 Å². The zero-order valence-corrected chi connectivity index (χ0v) is 9.25. The molecule has 74 valence electrons. The number of hydrogen-bond acceptors (Lipinski definition) is 0. The molecule has 0 aromatic heterocycles. The minimum atomic E-state index is 1.09. The summed E-state index contributed by atoms with van der Waals surface area (Å²) in [5, 5.41) is 0. The smallest absolute Gasteiger partial charge is 0.0195 e. The Morgan fingerprint density at radius 1 is 1.21 bits per heavy atom. The molecule has 0 aliphatic heterocycles. The van der Waals surface area contributed by atoms with Crippen LogP contribution in [0.1, 0.15) is 30.5 Å². The minimum absolute atomic E-state index is 1.09. The monoisotopic (exact) mass is 186 g/mol. The molecular formula is C14H18. The Morgan fingerprint density at radius 2 is 2.00 bits per heavy atom. The van der Waals surface area contributed by atoms with Crippen LogP contribution in [0, 0.1) is 6.92 Å². The lowest BCUT2D eigenvalue weighted by molar-refractivity contribution is 1.12. The van der Waals surface area contributed by atoms with E-state index in [1.54, 1.807) is 0 Å². The Labute approximate surface area is 87.0 Å². The first kappa shape index (κ1) is 10.8. The van der Waals surface area contributed by atoms with Gasteiger partial charge in [0.05, 0.1) is 0 Å². The van der Waals surface area contributed by atoms with Gasteiger partial charge in [-0.05, 0) is 37.0 Å². The van der Waals surface area contributed by atoms with Crippen molar-refractivity contribution >= 4 is 6.08 Å². The largest absolute Gasteiger partial charge is 0.0877 e. The average Bonchev–Trinajstić information content (AvgIpc) is 2.20. The van der Waals surface area contributed by atoms with Crippen LogP contribution in [0.4, 0.5) is 0 Å². The lowest BCUT2D eigenvalue weighted by Gasteiger charge is -2.06. The molecule has 0 heterocycles. The van der Waals surface area contributed by atoms with Crippen LogP contribution in [0.2, 0.25) is 0 Å². The molecule has 0 nitrogen and oxygen atoms in total. The molecule has 0 radical (unpaired) electrons. The Balaban J connectivity index is 3.04. The second kappa shape index (κ2) is 5.43. The highest BCUT2D eigenvalue weighted by Crippen LogP contribution is 2.16. The Morgan fingerprint density at radius 3 is 2.64 bits per heavy atom. The summed E-state index contributed by atoms with van der Waals surface area (Å²) in [6, 6.07) is 6.48. The predicted molar refractivity (Wildman–Crippen MR) is 64.4 cm³/mol. The van der Waals surface area contributed by atoms with Crippen LogP contribution in [-0.2, 0) is 6.42 Å². The maximum absolute atomic E-state index is 2.20. The first-order valence-electron chi connectivity index (χ1n) is 5.17. The fourth-order valence-electron chi connectivity index (χ4n) is 1.55. The summed E-state index contributed by atoms with van der Waals surface area (Å²) in [5.74, 6) is 0. The van der Waals surface area contributed by atoms with E-state index in [-0.39, 0.29) is 0 Å². The third-order valence-corrected chi connectivity index (χ3v) is 2.36. The van der Waals surface area contributed by atoms with Crippen molar-refractivity contribution in [2.24, 2.45) is 0 Å². The van der Waals surface area contributed by atoms with E-state index in [4.69, 9.17) is 0 Å². The number of allylic oxidation sites excluding steroid dienone is 3. The van der Waals surface area contributed by atoms with Crippen molar-refractivity contribution in [2.45, 2.75) is 27.2 Å². The van der Waals surface area contributed by atoms with Crippen LogP contribution in [0.15, 0.2) is 36.4 Å². The van der Waals surface area contributed by atoms with Gasteiger partial charge in [-0.25, -0.2) is 0 Å². The molecule has 0 aliphatic carbocycles. The maximum atomic E-state index is 2.20. The molecule has 1 aromatic rings. The summed E-state index contributed by atoms with van der Waals surface area (Å²) in [7, 11) is 0. The van der Waals surface area contributed by atoms with Gasteiger partial charge in [-0.2, -0.15) is 0 Å². The van der Waals surface area contributed by atoms with Gasteiger partial charge in [0.25, 0.3) is 0 Å². The van der Waals surface area contributed by atoms with Gasteiger partial charge in [-0.15, -0.1) is 0 Å². The molecule has 0 unspecified atom stereocenters. The van der Waals surface area contributed by atoms with E-state index in [9.17, 15) is 0 Å². The summed E-state index contributed by atoms with van der Waals surface area (Å²) >= 11 is 0. The van der Waals surface area contributed by atoms with E-state index >= 15 is 0 Å². The van der Waals surface area contributed by atoms with Crippen molar-refractivity contribution in [3.8, 4) is 0 Å². The van der Waals surface area contributed by atoms with Crippen LogP contribution in [0.25, 0.3) is 6.08 Å². The highest BCUT2D eigenvalue weighted by molar-refractivity contribution is 5.59. The van der Waals surface area contributed by atoms with Crippen molar-refractivity contribution in [1.29, 1.82) is 0 Å². The normalized spacial score (nSPS) is 11.6. The summed E-state index contributed by atoms with van der Waals surface area (Å²) < 4.78 is 0. The number of rotatable bonds is 3. The molecule has 0 saturated carbocycles. The van der Waals surface area contributed by atoms with E-state index in [0.717, 1.165) is 6.42 Å². The van der Waals surface area contributed by atoms with Gasteiger partial charge in [0.1, 0.15) is 0 Å². The van der Waals surface area contributed by atoms with Gasteiger partial charge in [0, 0.05) is 0 Å². The van der Waals surface area contributed by atoms with Gasteiger partial charge < -0.3 is 0 Å². The van der Waals surface area contributed by atoms with E-state index in [1.807, 2.05) is 13.0 Å². The third kappa shape index (κ3) is 2.59. The number of benzene rings is 1. The zero-order chi connectivity index (χ0) is 10.4. The molecule has 0 atom stereocenters. The summed E-state index contributed by atoms with van der Waals surface area (Å²) in [5.41, 5.74) is 4.14. The molecule has 0 saturated heterocycles. The fourth-order valence-corrected chi connectivity index (χ4v) is 1.55. The molecule has 0 bridgehead atoms. The lowest BCUT2D eigenvalue weighted by atomic mass is 10.00. The van der Waals surface area contributed by atoms with Crippen molar-refractivity contribution < 1.29 is 0 Å². The lowest BCUT2D eigenvalue weighted by Crippen LogP contribution is -1.89. The van der Waals surface area contributed by atoms with Crippen molar-refractivity contribution in [3.05, 3.63) is 53.1 Å². The molecular weight excluding hydrogens is 168 g/mol. The number of hydrogen-bond donors (Lipinski definition) is 0. The Kier molecular flexibility index (Phi) is 4.18. The topological polar surface area (TPSA) is 0 Å². The van der Waals surface area contributed by atoms with Gasteiger partial charge in [-0.3, -0.25) is 0 Å². The zero-order valence-electron chi connectivity index (χ0n) is 9.25. The SMILES string of the molecule is C/C=C\C=C/c1c(C)cccc1CC. The molecule has 0 heteroatoms. The Hall–Kier alpha value is -1.30. The molecule has 1 rings (SSSR count). The third-order valence-electron chi connectivity index (χ3n) is 2.36. The molecule has 0 spiro atoms. The quantitative estimate of drug-likeness (QED) is 0.622. The first-order chi connectivity index (χ1) is 6.79. The molecule has 0 aliphatic rings. The van der Waals surface area contributed by atoms with Crippen molar-refractivity contribution in [1.82, 2.24) is 0 Å². The second-order valence-corrected chi connectivity index (χ2v) is 3.39. The van der Waals surface area contributed by atoms with Crippen LogP contribution in [-0.4, -0.2) is 0 Å². The standard InChI is InChI=1S/C14H18/c1-4-6-7-11-14-12(3)9-8-10-13(14)5-2/h4,6-11H,5H2,1-3H3/b6-4-,11-7-. The summed E-state index contributed by atoms with van der Waals surface area (Å²) in [4.78, 5) is 0. The first-order valence-corrected chi connectivity index (χ1v) is 5.17. The summed E-state index contributed by atoms with van der Waals surface area (Å²) in [6.45, 7) is 6.39. The molecule has 0 amide bonds. The average molecular weight is 186 g/mol. The predicted octanol–water partition coefficient (Wildman–Crippen LogP) is 4.15. The highest BCUT2D eigenvalue weighted by atomic mass is 14.0. The molecule has 1 aromatic carbocycles. The van der Waals surface area contributed by atoms with Crippen LogP contribution in [0.5, 0.6) is 0 Å². The van der Waals surface area contributed by atoms with E-state index in [1.165, 1.54) is 16.7 Å². The van der Waals surface area contributed by atoms with E-state index in [0.29, 0.717) is 0 Å². The van der Waals surface area contributed by atoms with Crippen molar-refractivity contribution in [2.75, 3.05) is 0 Å². The number of aryl methyl sites for hydroxylation is 2. The molecule has 14 heavy (non-hydrogen) atoms. The summed E-state index contributed by atoms with van der Waals surface area (Å²) in [6.07, 6.45) is 9.49. The molecule has 0 fully saturated rings. The van der Waals surface area contributed by atoms with Crippen LogP contribution in [0.3, 0.4) is 0 Å². The van der Waals surface area contributed by atoms with Crippen molar-refractivity contribution in [3.63, 3.8) is 0 Å². The van der Waals surface area contributed by atoms with Gasteiger partial charge in [0.2, 0.25) is 0 Å². The second-order valence-electron chi connectivity index (χ2n) is 3.39. The Bertz CT molecular complexity index is 343.